The Labute approximate surface area is 138 Å². The third-order valence-corrected chi connectivity index (χ3v) is 1.85. The summed E-state index contributed by atoms with van der Waals surface area (Å²) in [6.45, 7) is -6.27. The van der Waals surface area contributed by atoms with Crippen molar-refractivity contribution < 1.29 is 69.1 Å². The molecule has 0 heterocycles. The molecule has 0 atom stereocenters. The van der Waals surface area contributed by atoms with Crippen LogP contribution in [0.25, 0.3) is 0 Å². The SMILES string of the molecule is F[B-](F)(F)COc1ccc(Cl)cc1Cl.[K+]. The number of benzene rings is 1. The first kappa shape index (κ1) is 16.1. The summed E-state index contributed by atoms with van der Waals surface area (Å²) in [4.78, 5) is 0. The van der Waals surface area contributed by atoms with Crippen molar-refractivity contribution in [2.24, 2.45) is 0 Å². The van der Waals surface area contributed by atoms with Gasteiger partial charge in [0.2, 0.25) is 0 Å². The summed E-state index contributed by atoms with van der Waals surface area (Å²) < 4.78 is 39.9. The fourth-order valence-electron chi connectivity index (χ4n) is 0.777. The molecule has 15 heavy (non-hydrogen) atoms. The van der Waals surface area contributed by atoms with E-state index in [1.807, 2.05) is 0 Å². The summed E-state index contributed by atoms with van der Waals surface area (Å²) in [5, 5.41) is 0.414. The molecule has 0 bridgehead atoms. The molecule has 1 nitrogen and oxygen atoms in total. The Kier molecular flexibility index (Phi) is 7.23. The second-order valence-electron chi connectivity index (χ2n) is 2.60. The fourth-order valence-corrected chi connectivity index (χ4v) is 1.24. The van der Waals surface area contributed by atoms with Crippen LogP contribution in [0.3, 0.4) is 0 Å². The minimum atomic E-state index is -4.97. The molecular weight excluding hydrogens is 278 g/mol. The first-order chi connectivity index (χ1) is 6.38. The number of hydrogen-bond acceptors (Lipinski definition) is 1. The second kappa shape index (κ2) is 6.74. The van der Waals surface area contributed by atoms with Gasteiger partial charge in [-0.05, 0) is 18.2 Å². The zero-order valence-corrected chi connectivity index (χ0v) is 12.4. The monoisotopic (exact) mass is 282 g/mol. The molecule has 0 fully saturated rings. The summed E-state index contributed by atoms with van der Waals surface area (Å²) in [7, 11) is 0. The molecule has 0 aromatic heterocycles. The Morgan fingerprint density at radius 1 is 1.20 bits per heavy atom. The molecule has 1 aromatic rings. The van der Waals surface area contributed by atoms with Crippen molar-refractivity contribution in [3.8, 4) is 5.75 Å². The first-order valence-corrected chi connectivity index (χ1v) is 4.43. The van der Waals surface area contributed by atoms with Crippen molar-refractivity contribution >= 4 is 30.2 Å². The van der Waals surface area contributed by atoms with Gasteiger partial charge in [0.25, 0.3) is 0 Å². The predicted octanol–water partition coefficient (Wildman–Crippen LogP) is 0.763. The summed E-state index contributed by atoms with van der Waals surface area (Å²) in [6, 6.07) is 4.03. The van der Waals surface area contributed by atoms with Crippen LogP contribution in [-0.2, 0) is 0 Å². The number of ether oxygens (including phenoxy) is 1. The van der Waals surface area contributed by atoms with E-state index in [9.17, 15) is 12.9 Å². The quantitative estimate of drug-likeness (QED) is 0.744. The Balaban J connectivity index is 0.00000196. The zero-order chi connectivity index (χ0) is 10.8. The van der Waals surface area contributed by atoms with Crippen LogP contribution in [0.2, 0.25) is 10.0 Å². The van der Waals surface area contributed by atoms with E-state index in [4.69, 9.17) is 23.2 Å². The van der Waals surface area contributed by atoms with Crippen LogP contribution < -0.4 is 56.1 Å². The van der Waals surface area contributed by atoms with E-state index >= 15 is 0 Å². The van der Waals surface area contributed by atoms with Gasteiger partial charge in [-0.25, -0.2) is 0 Å². The summed E-state index contributed by atoms with van der Waals surface area (Å²) >= 11 is 11.1. The van der Waals surface area contributed by atoms with Crippen molar-refractivity contribution in [3.05, 3.63) is 28.2 Å². The van der Waals surface area contributed by atoms with E-state index in [1.54, 1.807) is 0 Å². The molecule has 1 rings (SSSR count). The van der Waals surface area contributed by atoms with Gasteiger partial charge in [0, 0.05) is 5.02 Å². The van der Waals surface area contributed by atoms with Crippen molar-refractivity contribution in [2.75, 3.05) is 6.51 Å². The maximum atomic E-state index is 11.8. The molecule has 78 valence electrons. The van der Waals surface area contributed by atoms with Gasteiger partial charge < -0.3 is 17.7 Å². The number of halogens is 5. The average molecular weight is 283 g/mol. The van der Waals surface area contributed by atoms with E-state index in [2.05, 4.69) is 4.74 Å². The molecule has 8 heteroatoms. The van der Waals surface area contributed by atoms with Crippen LogP contribution >= 0.6 is 23.2 Å². The van der Waals surface area contributed by atoms with Crippen LogP contribution in [0, 0.1) is 0 Å². The van der Waals surface area contributed by atoms with Gasteiger partial charge in [0.05, 0.1) is 11.5 Å². The number of hydrogen-bond donors (Lipinski definition) is 0. The predicted molar refractivity (Wildman–Crippen MR) is 51.0 cm³/mol. The Morgan fingerprint density at radius 3 is 2.27 bits per heavy atom. The van der Waals surface area contributed by atoms with Crippen LogP contribution in [0.4, 0.5) is 12.9 Å². The average Bonchev–Trinajstić information content (AvgIpc) is 2.00. The first-order valence-electron chi connectivity index (χ1n) is 3.67. The number of rotatable bonds is 3. The molecular formula is C7H5BCl2F3KO. The molecule has 0 aliphatic rings. The summed E-state index contributed by atoms with van der Waals surface area (Å²) in [6.07, 6.45) is 0. The summed E-state index contributed by atoms with van der Waals surface area (Å²) in [5.74, 6) is -0.0183. The molecule has 0 saturated carbocycles. The fraction of sp³-hybridized carbons (Fsp3) is 0.143. The van der Waals surface area contributed by atoms with Gasteiger partial charge in [-0.15, -0.1) is 0 Å². The minimum absolute atomic E-state index is 0. The van der Waals surface area contributed by atoms with E-state index in [-0.39, 0.29) is 62.2 Å². The van der Waals surface area contributed by atoms with Gasteiger partial charge in [0.15, 0.2) is 0 Å². The minimum Gasteiger partial charge on any atom is -0.520 e. The third-order valence-electron chi connectivity index (χ3n) is 1.32. The van der Waals surface area contributed by atoms with Crippen LogP contribution in [0.5, 0.6) is 5.75 Å². The van der Waals surface area contributed by atoms with Gasteiger partial charge >= 0.3 is 58.4 Å². The van der Waals surface area contributed by atoms with Gasteiger partial charge in [-0.1, -0.05) is 23.2 Å². The molecule has 0 saturated heterocycles. The maximum Gasteiger partial charge on any atom is 1.00 e. The van der Waals surface area contributed by atoms with E-state index in [1.165, 1.54) is 18.2 Å². The van der Waals surface area contributed by atoms with Crippen molar-refractivity contribution in [1.82, 2.24) is 0 Å². The molecule has 0 spiro atoms. The topological polar surface area (TPSA) is 9.23 Å². The van der Waals surface area contributed by atoms with Gasteiger partial charge in [-0.2, -0.15) is 0 Å². The largest absolute Gasteiger partial charge is 1.00 e. The zero-order valence-electron chi connectivity index (χ0n) is 7.81. The summed E-state index contributed by atoms with van der Waals surface area (Å²) in [5.41, 5.74) is 0. The van der Waals surface area contributed by atoms with Crippen molar-refractivity contribution in [3.63, 3.8) is 0 Å². The van der Waals surface area contributed by atoms with Gasteiger partial charge in [-0.3, -0.25) is 0 Å². The second-order valence-corrected chi connectivity index (χ2v) is 3.44. The third kappa shape index (κ3) is 6.41. The van der Waals surface area contributed by atoms with Crippen molar-refractivity contribution in [2.45, 2.75) is 0 Å². The van der Waals surface area contributed by atoms with E-state index in [0.717, 1.165) is 0 Å². The van der Waals surface area contributed by atoms with E-state index < -0.39 is 13.5 Å². The van der Waals surface area contributed by atoms with E-state index in [0.29, 0.717) is 5.02 Å². The Morgan fingerprint density at radius 2 is 1.80 bits per heavy atom. The molecule has 0 amide bonds. The molecule has 0 aliphatic carbocycles. The smallest absolute Gasteiger partial charge is 0.520 e. The van der Waals surface area contributed by atoms with Crippen LogP contribution in [0.1, 0.15) is 0 Å². The molecule has 0 N–H and O–H groups in total. The standard InChI is InChI=1S/C7H5BCl2F3O.K/c9-5-1-2-7(6(10)3-5)14-4-8(11,12)13;/h1-3H,4H2;/q-1;+1. The molecule has 0 radical (unpaired) electrons. The Hall–Kier alpha value is 1.09. The van der Waals surface area contributed by atoms with Gasteiger partial charge in [0.1, 0.15) is 5.75 Å². The molecule has 0 aliphatic heterocycles. The normalized spacial score (nSPS) is 10.7. The van der Waals surface area contributed by atoms with Crippen LogP contribution in [-0.4, -0.2) is 13.5 Å². The maximum absolute atomic E-state index is 11.8. The van der Waals surface area contributed by atoms with Crippen molar-refractivity contribution in [1.29, 1.82) is 0 Å². The Bertz CT molecular complexity index is 335. The molecule has 1 aromatic carbocycles. The molecule has 0 unspecified atom stereocenters. The van der Waals surface area contributed by atoms with Crippen LogP contribution in [0.15, 0.2) is 18.2 Å².